The Morgan fingerprint density at radius 1 is 0.429 bits per heavy atom. The van der Waals surface area contributed by atoms with Gasteiger partial charge in [0.05, 0.1) is 29.6 Å². The number of para-hydroxylation sites is 3. The van der Waals surface area contributed by atoms with Gasteiger partial charge in [0.25, 0.3) is 0 Å². The molecule has 10 aromatic carbocycles. The summed E-state index contributed by atoms with van der Waals surface area (Å²) in [4.78, 5) is 12.0. The monoisotopic (exact) mass is 1110 g/mol. The zero-order valence-corrected chi connectivity index (χ0v) is 50.2. The molecule has 84 heavy (non-hydrogen) atoms. The van der Waals surface area contributed by atoms with Gasteiger partial charge in [0.1, 0.15) is 24.0 Å². The van der Waals surface area contributed by atoms with E-state index < -0.39 is 14.1 Å². The molecule has 0 fully saturated rings. The van der Waals surface area contributed by atoms with Gasteiger partial charge in [-0.25, -0.2) is 4.98 Å². The number of fused-ring (bicyclic) bond motifs is 6. The maximum atomic E-state index is 9.43. The lowest BCUT2D eigenvalue weighted by Crippen LogP contribution is -2.75. The number of nitrogens with zero attached hydrogens (tertiary/aromatic N) is 4. The van der Waals surface area contributed by atoms with E-state index in [2.05, 4.69) is 253 Å². The van der Waals surface area contributed by atoms with E-state index >= 15 is 0 Å². The molecule has 5 nitrogen and oxygen atoms in total. The van der Waals surface area contributed by atoms with Crippen molar-refractivity contribution in [3.05, 3.63) is 265 Å². The van der Waals surface area contributed by atoms with Crippen LogP contribution in [0.2, 0.25) is 0 Å². The largest absolute Gasteiger partial charge is 0.457 e. The SMILES string of the molecule is [2H]c1c([2H])c([2H])c(-c2cccc(-c3cc(-c4cccc(C(C)(C)C)c4)cc(C(C)(C)C)c3)c2N2CN(c3cccc(Oc4ccc5c(c4)N(c4cc(C(C)(C)C)ccn4)c4cccc6c4[Si]5(c4ccccc4)c4ccccc4-6)c3)c3ccccc32)c([2H])c1[2H]. The van der Waals surface area contributed by atoms with Gasteiger partial charge in [-0.05, 0) is 142 Å². The van der Waals surface area contributed by atoms with Crippen molar-refractivity contribution in [3.8, 4) is 56.0 Å². The standard InChI is InChI=1S/C78H70N4OSi/c1-76(2,3)56-27-20-26-53(45-56)54-44-55(47-58(46-54)78(7,8)9)64-34-22-33-63(52-24-12-10-13-25-52)74(64)81-51-80(67-36-17-18-37-68(67)81)59-28-21-29-60(49-59)83-61-40-41-72-70(50-61)82(73-48-57(42-43-79-73)77(4,5)6)69-38-23-35-66-65-32-16-19-39-71(65)84(72,75(66)69)62-30-14-11-15-31-62/h10-50H,51H2,1-9H3/i10D,12D,13D,24D,25D. The molecule has 1 aromatic heterocycles. The van der Waals surface area contributed by atoms with Crippen molar-refractivity contribution in [1.82, 2.24) is 4.98 Å². The maximum Gasteiger partial charge on any atom is 0.185 e. The van der Waals surface area contributed by atoms with Crippen LogP contribution in [-0.2, 0) is 16.2 Å². The maximum absolute atomic E-state index is 9.43. The van der Waals surface area contributed by atoms with E-state index in [0.717, 1.165) is 67.8 Å². The van der Waals surface area contributed by atoms with Crippen LogP contribution in [0.15, 0.2) is 249 Å². The molecule has 0 aliphatic carbocycles. The molecule has 412 valence electrons. The average Bonchev–Trinajstić information content (AvgIpc) is 1.57. The Bertz CT molecular complexity index is 4650. The van der Waals surface area contributed by atoms with E-state index in [1.165, 1.54) is 43.0 Å². The topological polar surface area (TPSA) is 31.8 Å². The van der Waals surface area contributed by atoms with Crippen molar-refractivity contribution in [3.63, 3.8) is 0 Å². The molecule has 0 saturated carbocycles. The zero-order chi connectivity index (χ0) is 62.1. The first kappa shape index (κ1) is 47.3. The van der Waals surface area contributed by atoms with Crippen molar-refractivity contribution in [2.75, 3.05) is 21.4 Å². The number of aromatic nitrogens is 1. The summed E-state index contributed by atoms with van der Waals surface area (Å²) in [7, 11) is -2.93. The number of ether oxygens (including phenoxy) is 1. The minimum Gasteiger partial charge on any atom is -0.457 e. The van der Waals surface area contributed by atoms with E-state index in [1.54, 1.807) is 0 Å². The lowest BCUT2D eigenvalue weighted by molar-refractivity contribution is 0.483. The lowest BCUT2D eigenvalue weighted by Gasteiger charge is -2.43. The molecule has 0 N–H and O–H groups in total. The number of hydrogen-bond acceptors (Lipinski definition) is 5. The molecular formula is C78H70N4OSi. The molecule has 3 aliphatic rings. The van der Waals surface area contributed by atoms with E-state index in [-0.39, 0.29) is 46.0 Å². The van der Waals surface area contributed by atoms with Crippen LogP contribution in [0.4, 0.5) is 39.9 Å². The molecule has 0 spiro atoms. The average molecular weight is 1110 g/mol. The van der Waals surface area contributed by atoms with Gasteiger partial charge in [0, 0.05) is 40.8 Å². The smallest absolute Gasteiger partial charge is 0.185 e. The van der Waals surface area contributed by atoms with E-state index in [9.17, 15) is 2.74 Å². The van der Waals surface area contributed by atoms with Gasteiger partial charge in [-0.2, -0.15) is 0 Å². The number of pyridine rings is 1. The van der Waals surface area contributed by atoms with Crippen LogP contribution in [0, 0.1) is 0 Å². The Morgan fingerprint density at radius 3 is 1.81 bits per heavy atom. The van der Waals surface area contributed by atoms with E-state index in [1.807, 2.05) is 42.6 Å². The molecule has 3 aliphatic heterocycles. The normalized spacial score (nSPS) is 16.0. The van der Waals surface area contributed by atoms with Crippen LogP contribution in [0.5, 0.6) is 11.5 Å². The second-order valence-electron chi connectivity index (χ2n) is 25.7. The van der Waals surface area contributed by atoms with Crippen LogP contribution in [-0.4, -0.2) is 19.7 Å². The van der Waals surface area contributed by atoms with Crippen molar-refractivity contribution < 1.29 is 11.6 Å². The van der Waals surface area contributed by atoms with Gasteiger partial charge in [0.2, 0.25) is 0 Å². The first-order valence-electron chi connectivity index (χ1n) is 31.7. The molecule has 14 rings (SSSR count). The van der Waals surface area contributed by atoms with Gasteiger partial charge in [0.15, 0.2) is 8.07 Å². The fourth-order valence-corrected chi connectivity index (χ4v) is 18.6. The second kappa shape index (κ2) is 20.0. The molecule has 0 amide bonds. The highest BCUT2D eigenvalue weighted by molar-refractivity contribution is 7.23. The number of anilines is 7. The molecule has 1 unspecified atom stereocenters. The molecule has 0 bridgehead atoms. The molecular weight excluding hydrogens is 1040 g/mol. The Balaban J connectivity index is 0.907. The van der Waals surface area contributed by atoms with Crippen LogP contribution in [0.3, 0.4) is 0 Å². The van der Waals surface area contributed by atoms with Crippen LogP contribution >= 0.6 is 0 Å². The van der Waals surface area contributed by atoms with E-state index in [4.69, 9.17) is 13.8 Å². The summed E-state index contributed by atoms with van der Waals surface area (Å²) in [5.74, 6) is 2.18. The van der Waals surface area contributed by atoms with Crippen LogP contribution in [0.25, 0.3) is 44.5 Å². The van der Waals surface area contributed by atoms with Crippen molar-refractivity contribution in [2.24, 2.45) is 0 Å². The van der Waals surface area contributed by atoms with E-state index in [0.29, 0.717) is 23.7 Å². The summed E-state index contributed by atoms with van der Waals surface area (Å²) >= 11 is 0. The number of rotatable bonds is 9. The van der Waals surface area contributed by atoms with Crippen molar-refractivity contribution >= 4 is 68.8 Å². The predicted molar refractivity (Wildman–Crippen MR) is 356 cm³/mol. The molecule has 1 atom stereocenters. The summed E-state index contributed by atoms with van der Waals surface area (Å²) in [5, 5.41) is 5.34. The molecule has 4 heterocycles. The second-order valence-corrected chi connectivity index (χ2v) is 29.4. The third kappa shape index (κ3) is 8.85. The molecule has 11 aromatic rings. The minimum atomic E-state index is -2.93. The predicted octanol–water partition coefficient (Wildman–Crippen LogP) is 18.2. The Labute approximate surface area is 504 Å². The summed E-state index contributed by atoms with van der Waals surface area (Å²) in [6.45, 7) is 20.5. The van der Waals surface area contributed by atoms with Gasteiger partial charge < -0.3 is 14.5 Å². The summed E-state index contributed by atoms with van der Waals surface area (Å²) in [5.41, 5.74) is 16.0. The minimum absolute atomic E-state index is 0.0669. The first-order chi connectivity index (χ1) is 42.6. The Hall–Kier alpha value is -9.23. The van der Waals surface area contributed by atoms with Gasteiger partial charge in [-0.1, -0.05) is 238 Å². The van der Waals surface area contributed by atoms with Gasteiger partial charge in [-0.3, -0.25) is 4.90 Å². The Morgan fingerprint density at radius 2 is 1.04 bits per heavy atom. The number of benzene rings is 10. The van der Waals surface area contributed by atoms with Crippen molar-refractivity contribution in [2.45, 2.75) is 78.6 Å². The highest BCUT2D eigenvalue weighted by Crippen LogP contribution is 2.52. The molecule has 6 heteroatoms. The highest BCUT2D eigenvalue weighted by Gasteiger charge is 2.55. The van der Waals surface area contributed by atoms with Crippen LogP contribution in [0.1, 0.15) is 85.9 Å². The zero-order valence-electron chi connectivity index (χ0n) is 54.2. The highest BCUT2D eigenvalue weighted by atomic mass is 28.3. The number of hydrogen-bond donors (Lipinski definition) is 0. The molecule has 0 saturated heterocycles. The first-order valence-corrected chi connectivity index (χ1v) is 31.2. The quantitative estimate of drug-likeness (QED) is 0.135. The Kier molecular flexibility index (Phi) is 11.3. The molecule has 0 radical (unpaired) electrons. The lowest BCUT2D eigenvalue weighted by atomic mass is 9.81. The van der Waals surface area contributed by atoms with Crippen LogP contribution < -0.4 is 40.2 Å². The summed E-state index contributed by atoms with van der Waals surface area (Å²) < 4.78 is 52.5. The fourth-order valence-electron chi connectivity index (χ4n) is 13.1. The summed E-state index contributed by atoms with van der Waals surface area (Å²) in [6, 6.07) is 74.3. The van der Waals surface area contributed by atoms with Gasteiger partial charge >= 0.3 is 0 Å². The van der Waals surface area contributed by atoms with Gasteiger partial charge in [-0.15, -0.1) is 0 Å². The summed E-state index contributed by atoms with van der Waals surface area (Å²) in [6.07, 6.45) is 1.94. The third-order valence-electron chi connectivity index (χ3n) is 17.3. The third-order valence-corrected chi connectivity index (χ3v) is 22.2. The fraction of sp³-hybridized carbons (Fsp3) is 0.167. The van der Waals surface area contributed by atoms with Crippen molar-refractivity contribution in [1.29, 1.82) is 0 Å².